The molecule has 0 aliphatic carbocycles. The molecule has 1 N–H and O–H groups in total. The summed E-state index contributed by atoms with van der Waals surface area (Å²) in [6.45, 7) is 5.75. The van der Waals surface area contributed by atoms with Gasteiger partial charge in [-0.2, -0.15) is 4.98 Å². The van der Waals surface area contributed by atoms with E-state index in [9.17, 15) is 0 Å². The van der Waals surface area contributed by atoms with Gasteiger partial charge in [-0.25, -0.2) is 0 Å². The molecule has 106 valence electrons. The SMILES string of the molecule is COc1cccc(NCCCN2CCCCC2C)n1. The molecule has 1 fully saturated rings. The third-order valence-electron chi connectivity index (χ3n) is 3.80. The van der Waals surface area contributed by atoms with Gasteiger partial charge in [0.15, 0.2) is 0 Å². The van der Waals surface area contributed by atoms with Crippen molar-refractivity contribution >= 4 is 5.82 Å². The lowest BCUT2D eigenvalue weighted by Crippen LogP contribution is -2.38. The van der Waals surface area contributed by atoms with Gasteiger partial charge in [-0.1, -0.05) is 12.5 Å². The summed E-state index contributed by atoms with van der Waals surface area (Å²) in [5.74, 6) is 1.56. The van der Waals surface area contributed by atoms with Gasteiger partial charge in [0.05, 0.1) is 7.11 Å². The number of hydrogen-bond donors (Lipinski definition) is 1. The van der Waals surface area contributed by atoms with Gasteiger partial charge in [0.25, 0.3) is 0 Å². The number of hydrogen-bond acceptors (Lipinski definition) is 4. The summed E-state index contributed by atoms with van der Waals surface area (Å²) < 4.78 is 5.11. The van der Waals surface area contributed by atoms with Crippen LogP contribution in [0.4, 0.5) is 5.82 Å². The van der Waals surface area contributed by atoms with E-state index in [0.717, 1.165) is 24.8 Å². The molecule has 0 radical (unpaired) electrons. The van der Waals surface area contributed by atoms with E-state index in [1.54, 1.807) is 7.11 Å². The zero-order valence-electron chi connectivity index (χ0n) is 12.1. The van der Waals surface area contributed by atoms with Crippen molar-refractivity contribution < 1.29 is 4.74 Å². The van der Waals surface area contributed by atoms with Crippen LogP contribution in [-0.4, -0.2) is 42.7 Å². The van der Waals surface area contributed by atoms with E-state index in [0.29, 0.717) is 5.88 Å². The maximum Gasteiger partial charge on any atom is 0.214 e. The Morgan fingerprint density at radius 3 is 3.11 bits per heavy atom. The van der Waals surface area contributed by atoms with Crippen molar-refractivity contribution in [3.63, 3.8) is 0 Å². The third kappa shape index (κ3) is 4.39. The number of ether oxygens (including phenoxy) is 1. The quantitative estimate of drug-likeness (QED) is 0.801. The molecular weight excluding hydrogens is 238 g/mol. The predicted molar refractivity (Wildman–Crippen MR) is 78.8 cm³/mol. The molecule has 1 unspecified atom stereocenters. The van der Waals surface area contributed by atoms with Crippen molar-refractivity contribution in [3.05, 3.63) is 18.2 Å². The number of nitrogens with zero attached hydrogens (tertiary/aromatic N) is 2. The molecule has 0 spiro atoms. The number of piperidine rings is 1. The van der Waals surface area contributed by atoms with Gasteiger partial charge < -0.3 is 15.0 Å². The van der Waals surface area contributed by atoms with Crippen LogP contribution in [0.5, 0.6) is 5.88 Å². The Kier molecular flexibility index (Phi) is 5.45. The Morgan fingerprint density at radius 1 is 1.42 bits per heavy atom. The van der Waals surface area contributed by atoms with E-state index in [-0.39, 0.29) is 0 Å². The zero-order valence-corrected chi connectivity index (χ0v) is 12.1. The molecule has 2 rings (SSSR count). The molecule has 1 aromatic rings. The van der Waals surface area contributed by atoms with Gasteiger partial charge in [0.1, 0.15) is 5.82 Å². The molecule has 4 heteroatoms. The summed E-state index contributed by atoms with van der Waals surface area (Å²) in [6.07, 6.45) is 5.26. The Hall–Kier alpha value is -1.29. The van der Waals surface area contributed by atoms with Gasteiger partial charge in [0.2, 0.25) is 5.88 Å². The second-order valence-corrected chi connectivity index (χ2v) is 5.23. The largest absolute Gasteiger partial charge is 0.481 e. The highest BCUT2D eigenvalue weighted by Gasteiger charge is 2.16. The van der Waals surface area contributed by atoms with Gasteiger partial charge in [-0.3, -0.25) is 0 Å². The first-order chi connectivity index (χ1) is 9.29. The Labute approximate surface area is 116 Å². The minimum Gasteiger partial charge on any atom is -0.481 e. The number of rotatable bonds is 6. The lowest BCUT2D eigenvalue weighted by atomic mass is 10.0. The standard InChI is InChI=1S/C15H25N3O/c1-13-7-3-4-11-18(13)12-6-10-16-14-8-5-9-15(17-14)19-2/h5,8-9,13H,3-4,6-7,10-12H2,1-2H3,(H,16,17). The molecule has 0 saturated carbocycles. The average Bonchev–Trinajstić information content (AvgIpc) is 2.45. The zero-order chi connectivity index (χ0) is 13.5. The van der Waals surface area contributed by atoms with Crippen molar-refractivity contribution in [2.45, 2.75) is 38.6 Å². The molecule has 0 aromatic carbocycles. The van der Waals surface area contributed by atoms with Crippen LogP contribution in [0, 0.1) is 0 Å². The second kappa shape index (κ2) is 7.34. The van der Waals surface area contributed by atoms with Gasteiger partial charge in [0, 0.05) is 25.2 Å². The molecule has 0 bridgehead atoms. The van der Waals surface area contributed by atoms with Crippen LogP contribution in [-0.2, 0) is 0 Å². The van der Waals surface area contributed by atoms with Crippen LogP contribution < -0.4 is 10.1 Å². The molecular formula is C15H25N3O. The highest BCUT2D eigenvalue weighted by Crippen LogP contribution is 2.16. The summed E-state index contributed by atoms with van der Waals surface area (Å²) >= 11 is 0. The molecule has 0 amide bonds. The van der Waals surface area contributed by atoms with E-state index in [1.807, 2.05) is 18.2 Å². The van der Waals surface area contributed by atoms with Crippen molar-refractivity contribution in [1.82, 2.24) is 9.88 Å². The van der Waals surface area contributed by atoms with Crippen LogP contribution in [0.3, 0.4) is 0 Å². The molecule has 1 saturated heterocycles. The Bertz CT molecular complexity index is 383. The van der Waals surface area contributed by atoms with Crippen LogP contribution in [0.1, 0.15) is 32.6 Å². The number of pyridine rings is 1. The Morgan fingerprint density at radius 2 is 2.32 bits per heavy atom. The fraction of sp³-hybridized carbons (Fsp3) is 0.667. The molecule has 1 aliphatic rings. The van der Waals surface area contributed by atoms with Gasteiger partial charge in [-0.15, -0.1) is 0 Å². The van der Waals surface area contributed by atoms with E-state index in [1.165, 1.54) is 32.4 Å². The van der Waals surface area contributed by atoms with E-state index >= 15 is 0 Å². The average molecular weight is 263 g/mol. The summed E-state index contributed by atoms with van der Waals surface area (Å²) in [5, 5.41) is 3.36. The van der Waals surface area contributed by atoms with Crippen LogP contribution in [0.15, 0.2) is 18.2 Å². The van der Waals surface area contributed by atoms with Gasteiger partial charge >= 0.3 is 0 Å². The number of methoxy groups -OCH3 is 1. The number of likely N-dealkylation sites (tertiary alicyclic amines) is 1. The molecule has 1 aliphatic heterocycles. The van der Waals surface area contributed by atoms with Crippen LogP contribution in [0.2, 0.25) is 0 Å². The fourth-order valence-electron chi connectivity index (χ4n) is 2.62. The number of aromatic nitrogens is 1. The van der Waals surface area contributed by atoms with Gasteiger partial charge in [-0.05, 0) is 38.8 Å². The van der Waals surface area contributed by atoms with E-state index in [2.05, 4.69) is 22.1 Å². The van der Waals surface area contributed by atoms with Crippen molar-refractivity contribution in [1.29, 1.82) is 0 Å². The first kappa shape index (κ1) is 14.1. The van der Waals surface area contributed by atoms with Crippen molar-refractivity contribution in [2.24, 2.45) is 0 Å². The maximum atomic E-state index is 5.11. The van der Waals surface area contributed by atoms with E-state index < -0.39 is 0 Å². The van der Waals surface area contributed by atoms with Crippen molar-refractivity contribution in [3.8, 4) is 5.88 Å². The third-order valence-corrected chi connectivity index (χ3v) is 3.80. The smallest absolute Gasteiger partial charge is 0.214 e. The lowest BCUT2D eigenvalue weighted by Gasteiger charge is -2.33. The summed E-state index contributed by atoms with van der Waals surface area (Å²) in [7, 11) is 1.64. The number of anilines is 1. The van der Waals surface area contributed by atoms with Crippen LogP contribution in [0.25, 0.3) is 0 Å². The first-order valence-electron chi connectivity index (χ1n) is 7.28. The molecule has 19 heavy (non-hydrogen) atoms. The normalized spacial score (nSPS) is 20.2. The Balaban J connectivity index is 1.68. The maximum absolute atomic E-state index is 5.11. The number of nitrogens with one attached hydrogen (secondary N) is 1. The minimum absolute atomic E-state index is 0.662. The monoisotopic (exact) mass is 263 g/mol. The summed E-state index contributed by atoms with van der Waals surface area (Å²) in [5.41, 5.74) is 0. The first-order valence-corrected chi connectivity index (χ1v) is 7.28. The van der Waals surface area contributed by atoms with Crippen LogP contribution >= 0.6 is 0 Å². The van der Waals surface area contributed by atoms with E-state index in [4.69, 9.17) is 4.74 Å². The summed E-state index contributed by atoms with van der Waals surface area (Å²) in [4.78, 5) is 6.94. The molecule has 1 aromatic heterocycles. The summed E-state index contributed by atoms with van der Waals surface area (Å²) in [6, 6.07) is 6.55. The lowest BCUT2D eigenvalue weighted by molar-refractivity contribution is 0.160. The molecule has 2 heterocycles. The highest BCUT2D eigenvalue weighted by atomic mass is 16.5. The molecule has 1 atom stereocenters. The fourth-order valence-corrected chi connectivity index (χ4v) is 2.62. The molecule has 4 nitrogen and oxygen atoms in total. The predicted octanol–water partition coefficient (Wildman–Crippen LogP) is 2.77. The highest BCUT2D eigenvalue weighted by molar-refractivity contribution is 5.36. The minimum atomic E-state index is 0.662. The second-order valence-electron chi connectivity index (χ2n) is 5.23. The van der Waals surface area contributed by atoms with Crippen molar-refractivity contribution in [2.75, 3.05) is 32.1 Å². The topological polar surface area (TPSA) is 37.4 Å².